The van der Waals surface area contributed by atoms with Gasteiger partial charge in [-0.2, -0.15) is 0 Å². The zero-order valence-electron chi connectivity index (χ0n) is 10.4. The highest BCUT2D eigenvalue weighted by Crippen LogP contribution is 2.31. The molecule has 0 aromatic carbocycles. The van der Waals surface area contributed by atoms with Crippen LogP contribution in [-0.2, 0) is 0 Å². The van der Waals surface area contributed by atoms with Crippen LogP contribution in [0.3, 0.4) is 0 Å². The Morgan fingerprint density at radius 3 is 2.80 bits per heavy atom. The molecule has 0 heterocycles. The van der Waals surface area contributed by atoms with Crippen molar-refractivity contribution >= 4 is 0 Å². The topological polar surface area (TPSA) is 0 Å². The fraction of sp³-hybridized carbons (Fsp3) is 0.733. The summed E-state index contributed by atoms with van der Waals surface area (Å²) in [6.07, 6.45) is 11.3. The lowest BCUT2D eigenvalue weighted by Gasteiger charge is -2.05. The average Bonchev–Trinajstić information content (AvgIpc) is 2.61. The molecule has 1 aliphatic rings. The summed E-state index contributed by atoms with van der Waals surface area (Å²) in [5.41, 5.74) is 0. The van der Waals surface area contributed by atoms with Crippen LogP contribution < -0.4 is 0 Å². The Balaban J connectivity index is 2.17. The predicted molar refractivity (Wildman–Crippen MR) is 67.5 cm³/mol. The van der Waals surface area contributed by atoms with Crippen LogP contribution in [0.25, 0.3) is 0 Å². The van der Waals surface area contributed by atoms with E-state index in [9.17, 15) is 0 Å². The van der Waals surface area contributed by atoms with Crippen LogP contribution in [0.1, 0.15) is 52.9 Å². The summed E-state index contributed by atoms with van der Waals surface area (Å²) in [6, 6.07) is 0. The minimum Gasteiger partial charge on any atom is -0.107 e. The molecule has 1 saturated carbocycles. The normalized spacial score (nSPS) is 27.7. The second-order valence-corrected chi connectivity index (χ2v) is 5.08. The minimum absolute atomic E-state index is 0.715. The van der Waals surface area contributed by atoms with Gasteiger partial charge in [-0.1, -0.05) is 32.4 Å². The van der Waals surface area contributed by atoms with Crippen molar-refractivity contribution in [2.75, 3.05) is 0 Å². The summed E-state index contributed by atoms with van der Waals surface area (Å²) in [7, 11) is 0. The van der Waals surface area contributed by atoms with Crippen molar-refractivity contribution in [3.05, 3.63) is 12.2 Å². The van der Waals surface area contributed by atoms with Crippen molar-refractivity contribution in [1.29, 1.82) is 0 Å². The fourth-order valence-electron chi connectivity index (χ4n) is 2.29. The van der Waals surface area contributed by atoms with Crippen molar-refractivity contribution in [3.63, 3.8) is 0 Å². The summed E-state index contributed by atoms with van der Waals surface area (Å²) >= 11 is 0. The predicted octanol–water partition coefficient (Wildman–Crippen LogP) is 4.42. The van der Waals surface area contributed by atoms with Crippen molar-refractivity contribution in [1.82, 2.24) is 0 Å². The van der Waals surface area contributed by atoms with E-state index in [2.05, 4.69) is 37.8 Å². The Bertz CT molecular complexity index is 251. The summed E-state index contributed by atoms with van der Waals surface area (Å²) in [5, 5.41) is 0. The van der Waals surface area contributed by atoms with Gasteiger partial charge in [-0.3, -0.25) is 0 Å². The van der Waals surface area contributed by atoms with Crippen LogP contribution in [0.5, 0.6) is 0 Å². The first-order valence-electron chi connectivity index (χ1n) is 6.28. The molecule has 1 fully saturated rings. The Morgan fingerprint density at radius 1 is 1.40 bits per heavy atom. The van der Waals surface area contributed by atoms with Crippen LogP contribution in [0, 0.1) is 29.6 Å². The van der Waals surface area contributed by atoms with Gasteiger partial charge in [-0.15, -0.1) is 11.8 Å². The number of rotatable bonds is 4. The van der Waals surface area contributed by atoms with E-state index in [-0.39, 0.29) is 0 Å². The molecule has 1 rings (SSSR count). The van der Waals surface area contributed by atoms with Crippen LogP contribution >= 0.6 is 0 Å². The van der Waals surface area contributed by atoms with Gasteiger partial charge in [0.15, 0.2) is 0 Å². The fourth-order valence-corrected chi connectivity index (χ4v) is 2.29. The third kappa shape index (κ3) is 5.07. The molecule has 0 saturated heterocycles. The van der Waals surface area contributed by atoms with Crippen molar-refractivity contribution in [2.24, 2.45) is 17.8 Å². The van der Waals surface area contributed by atoms with E-state index >= 15 is 0 Å². The molecule has 3 atom stereocenters. The molecule has 0 aromatic heterocycles. The third-order valence-electron chi connectivity index (χ3n) is 3.31. The van der Waals surface area contributed by atoms with E-state index in [1.807, 2.05) is 6.92 Å². The first kappa shape index (κ1) is 12.4. The molecule has 0 aliphatic heterocycles. The number of hydrogen-bond acceptors (Lipinski definition) is 0. The Kier molecular flexibility index (Phi) is 5.54. The molecule has 15 heavy (non-hydrogen) atoms. The van der Waals surface area contributed by atoms with Crippen LogP contribution in [0.2, 0.25) is 0 Å². The van der Waals surface area contributed by atoms with E-state index in [0.29, 0.717) is 5.92 Å². The highest BCUT2D eigenvalue weighted by atomic mass is 14.2. The highest BCUT2D eigenvalue weighted by molar-refractivity contribution is 4.98. The zero-order chi connectivity index (χ0) is 11.1. The SMILES string of the molecule is CC#CCC(C)C/C=C/[C@H]1CCC(C)C1. The lowest BCUT2D eigenvalue weighted by Crippen LogP contribution is -1.92. The van der Waals surface area contributed by atoms with Gasteiger partial charge in [0.2, 0.25) is 0 Å². The van der Waals surface area contributed by atoms with E-state index in [0.717, 1.165) is 18.3 Å². The Morgan fingerprint density at radius 2 is 2.20 bits per heavy atom. The molecule has 2 unspecified atom stereocenters. The van der Waals surface area contributed by atoms with E-state index < -0.39 is 0 Å². The first-order chi connectivity index (χ1) is 7.22. The maximum atomic E-state index is 3.15. The maximum absolute atomic E-state index is 3.15. The molecule has 0 bridgehead atoms. The van der Waals surface area contributed by atoms with Crippen LogP contribution in [-0.4, -0.2) is 0 Å². The smallest absolute Gasteiger partial charge is 0.0117 e. The molecule has 0 heteroatoms. The standard InChI is InChI=1S/C15H24/c1-4-5-7-13(2)8-6-9-15-11-10-14(3)12-15/h6,9,13-15H,7-8,10-12H2,1-3H3/b9-6+/t13?,14?,15-/m0/s1. The average molecular weight is 204 g/mol. The molecular weight excluding hydrogens is 180 g/mol. The van der Waals surface area contributed by atoms with E-state index in [4.69, 9.17) is 0 Å². The summed E-state index contributed by atoms with van der Waals surface area (Å²) < 4.78 is 0. The Labute approximate surface area is 95.2 Å². The molecule has 84 valence electrons. The van der Waals surface area contributed by atoms with Gasteiger partial charge in [0.25, 0.3) is 0 Å². The molecule has 0 nitrogen and oxygen atoms in total. The molecule has 0 aromatic rings. The molecule has 0 spiro atoms. The van der Waals surface area contributed by atoms with Gasteiger partial charge < -0.3 is 0 Å². The largest absolute Gasteiger partial charge is 0.107 e. The molecule has 1 aliphatic carbocycles. The number of allylic oxidation sites excluding steroid dienone is 2. The maximum Gasteiger partial charge on any atom is 0.0117 e. The van der Waals surface area contributed by atoms with E-state index in [1.54, 1.807) is 0 Å². The summed E-state index contributed by atoms with van der Waals surface area (Å²) in [5.74, 6) is 8.64. The van der Waals surface area contributed by atoms with Crippen molar-refractivity contribution in [3.8, 4) is 11.8 Å². The lowest BCUT2D eigenvalue weighted by atomic mass is 10.0. The van der Waals surface area contributed by atoms with Gasteiger partial charge in [-0.25, -0.2) is 0 Å². The third-order valence-corrected chi connectivity index (χ3v) is 3.31. The first-order valence-corrected chi connectivity index (χ1v) is 6.28. The minimum atomic E-state index is 0.715. The molecular formula is C15H24. The van der Waals surface area contributed by atoms with Gasteiger partial charge in [0.05, 0.1) is 0 Å². The van der Waals surface area contributed by atoms with Gasteiger partial charge in [0.1, 0.15) is 0 Å². The molecule has 0 N–H and O–H groups in total. The van der Waals surface area contributed by atoms with Crippen LogP contribution in [0.15, 0.2) is 12.2 Å². The monoisotopic (exact) mass is 204 g/mol. The molecule has 0 radical (unpaired) electrons. The van der Waals surface area contributed by atoms with Crippen LogP contribution in [0.4, 0.5) is 0 Å². The zero-order valence-corrected chi connectivity index (χ0v) is 10.4. The van der Waals surface area contributed by atoms with Gasteiger partial charge >= 0.3 is 0 Å². The highest BCUT2D eigenvalue weighted by Gasteiger charge is 2.18. The molecule has 0 amide bonds. The number of hydrogen-bond donors (Lipinski definition) is 0. The lowest BCUT2D eigenvalue weighted by molar-refractivity contribution is 0.579. The van der Waals surface area contributed by atoms with Crippen molar-refractivity contribution in [2.45, 2.75) is 52.9 Å². The second kappa shape index (κ2) is 6.72. The quantitative estimate of drug-likeness (QED) is 0.470. The van der Waals surface area contributed by atoms with Gasteiger partial charge in [-0.05, 0) is 43.9 Å². The second-order valence-electron chi connectivity index (χ2n) is 5.08. The summed E-state index contributed by atoms with van der Waals surface area (Å²) in [6.45, 7) is 6.57. The summed E-state index contributed by atoms with van der Waals surface area (Å²) in [4.78, 5) is 0. The Hall–Kier alpha value is -0.700. The van der Waals surface area contributed by atoms with E-state index in [1.165, 1.54) is 25.7 Å². The van der Waals surface area contributed by atoms with Crippen molar-refractivity contribution < 1.29 is 0 Å². The van der Waals surface area contributed by atoms with Gasteiger partial charge in [0, 0.05) is 6.42 Å².